The van der Waals surface area contributed by atoms with Crippen molar-refractivity contribution in [3.8, 4) is 0 Å². The van der Waals surface area contributed by atoms with Crippen molar-refractivity contribution in [2.75, 3.05) is 26.9 Å². The Morgan fingerprint density at radius 3 is 2.39 bits per heavy atom. The Morgan fingerprint density at radius 1 is 0.957 bits per heavy atom. The Labute approximate surface area is 140 Å². The number of methoxy groups -OCH3 is 1. The molecule has 2 unspecified atom stereocenters. The van der Waals surface area contributed by atoms with Gasteiger partial charge in [0.15, 0.2) is 0 Å². The van der Waals surface area contributed by atoms with E-state index >= 15 is 0 Å². The van der Waals surface area contributed by atoms with E-state index in [4.69, 9.17) is 9.47 Å². The summed E-state index contributed by atoms with van der Waals surface area (Å²) in [6, 6.07) is 11.4. The first-order chi connectivity index (χ1) is 11.2. The fourth-order valence-corrected chi connectivity index (χ4v) is 6.41. The molecule has 0 spiro atoms. The van der Waals surface area contributed by atoms with Gasteiger partial charge in [-0.3, -0.25) is 0 Å². The molecule has 0 N–H and O–H groups in total. The molecule has 126 valence electrons. The molecule has 2 atom stereocenters. The van der Waals surface area contributed by atoms with E-state index in [-0.39, 0.29) is 0 Å². The monoisotopic (exact) mass is 314 g/mol. The van der Waals surface area contributed by atoms with Gasteiger partial charge in [0.2, 0.25) is 0 Å². The highest BCUT2D eigenvalue weighted by Crippen LogP contribution is 2.66. The third-order valence-electron chi connectivity index (χ3n) is 6.78. The summed E-state index contributed by atoms with van der Waals surface area (Å²) in [7, 11) is 1.74. The minimum atomic E-state index is 0.470. The number of ether oxygens (including phenoxy) is 2. The van der Waals surface area contributed by atoms with Crippen LogP contribution >= 0.6 is 0 Å². The molecular formula is C21H30O2. The van der Waals surface area contributed by atoms with Crippen LogP contribution in [-0.2, 0) is 14.9 Å². The minimum Gasteiger partial charge on any atom is -0.382 e. The second kappa shape index (κ2) is 6.22. The summed E-state index contributed by atoms with van der Waals surface area (Å²) in [4.78, 5) is 0. The van der Waals surface area contributed by atoms with Gasteiger partial charge in [0.1, 0.15) is 0 Å². The fourth-order valence-electron chi connectivity index (χ4n) is 6.41. The molecule has 0 radical (unpaired) electrons. The number of rotatable bonds is 7. The summed E-state index contributed by atoms with van der Waals surface area (Å²) in [5.41, 5.74) is 2.63. The molecule has 4 saturated carbocycles. The van der Waals surface area contributed by atoms with Crippen molar-refractivity contribution in [3.05, 3.63) is 35.9 Å². The van der Waals surface area contributed by atoms with Crippen molar-refractivity contribution < 1.29 is 9.47 Å². The van der Waals surface area contributed by atoms with Gasteiger partial charge >= 0.3 is 0 Å². The lowest BCUT2D eigenvalue weighted by molar-refractivity contribution is -0.0870. The van der Waals surface area contributed by atoms with Crippen molar-refractivity contribution in [1.82, 2.24) is 0 Å². The zero-order valence-electron chi connectivity index (χ0n) is 14.4. The van der Waals surface area contributed by atoms with Crippen LogP contribution in [0.4, 0.5) is 0 Å². The van der Waals surface area contributed by atoms with Gasteiger partial charge in [0.05, 0.1) is 13.2 Å². The highest BCUT2D eigenvalue weighted by molar-refractivity contribution is 5.30. The Morgan fingerprint density at radius 2 is 1.70 bits per heavy atom. The predicted octanol–water partition coefficient (Wildman–Crippen LogP) is 4.58. The van der Waals surface area contributed by atoms with E-state index in [9.17, 15) is 0 Å². The lowest BCUT2D eigenvalue weighted by Crippen LogP contribution is -2.54. The molecule has 0 heterocycles. The van der Waals surface area contributed by atoms with Gasteiger partial charge in [-0.1, -0.05) is 30.3 Å². The summed E-state index contributed by atoms with van der Waals surface area (Å²) in [6.07, 6.45) is 9.89. The van der Waals surface area contributed by atoms with Crippen molar-refractivity contribution >= 4 is 0 Å². The van der Waals surface area contributed by atoms with Crippen molar-refractivity contribution in [2.24, 2.45) is 17.3 Å². The van der Waals surface area contributed by atoms with Crippen molar-refractivity contribution in [1.29, 1.82) is 0 Å². The summed E-state index contributed by atoms with van der Waals surface area (Å²) in [5.74, 6) is 1.91. The normalized spacial score (nSPS) is 38.1. The number of hydrogen-bond donors (Lipinski definition) is 0. The van der Waals surface area contributed by atoms with Crippen LogP contribution in [0.3, 0.4) is 0 Å². The first-order valence-electron chi connectivity index (χ1n) is 9.36. The van der Waals surface area contributed by atoms with Crippen molar-refractivity contribution in [2.45, 2.75) is 50.4 Å². The van der Waals surface area contributed by atoms with E-state index in [1.807, 2.05) is 0 Å². The molecule has 0 saturated heterocycles. The average Bonchev–Trinajstić information content (AvgIpc) is 2.54. The first kappa shape index (κ1) is 15.7. The molecule has 4 fully saturated rings. The quantitative estimate of drug-likeness (QED) is 0.686. The maximum Gasteiger partial charge on any atom is 0.0700 e. The third kappa shape index (κ3) is 2.96. The molecule has 0 aromatic heterocycles. The van der Waals surface area contributed by atoms with Crippen LogP contribution in [0.5, 0.6) is 0 Å². The van der Waals surface area contributed by atoms with E-state index in [1.54, 1.807) is 12.7 Å². The molecule has 1 aromatic carbocycles. The Hall–Kier alpha value is -0.860. The second-order valence-electron chi connectivity index (χ2n) is 8.46. The van der Waals surface area contributed by atoms with Crippen LogP contribution in [-0.4, -0.2) is 26.9 Å². The molecule has 0 aliphatic heterocycles. The lowest BCUT2D eigenvalue weighted by atomic mass is 9.42. The van der Waals surface area contributed by atoms with E-state index in [1.165, 1.54) is 44.9 Å². The van der Waals surface area contributed by atoms with Gasteiger partial charge in [-0.15, -0.1) is 0 Å². The summed E-state index contributed by atoms with van der Waals surface area (Å²) < 4.78 is 10.9. The molecule has 2 nitrogen and oxygen atoms in total. The second-order valence-corrected chi connectivity index (χ2v) is 8.46. The fraction of sp³-hybridized carbons (Fsp3) is 0.714. The minimum absolute atomic E-state index is 0.470. The largest absolute Gasteiger partial charge is 0.382 e. The number of benzene rings is 1. The van der Waals surface area contributed by atoms with Crippen LogP contribution in [0.15, 0.2) is 30.3 Å². The highest BCUT2D eigenvalue weighted by atomic mass is 16.5. The van der Waals surface area contributed by atoms with Crippen molar-refractivity contribution in [3.63, 3.8) is 0 Å². The lowest BCUT2D eigenvalue weighted by Gasteiger charge is -2.62. The SMILES string of the molecule is COCCOCCC12CC3CC(C1)CC(c1ccccc1)(C3)C2. The predicted molar refractivity (Wildman–Crippen MR) is 92.5 cm³/mol. The molecule has 0 amide bonds. The van der Waals surface area contributed by atoms with Gasteiger partial charge in [0.25, 0.3) is 0 Å². The number of hydrogen-bond acceptors (Lipinski definition) is 2. The smallest absolute Gasteiger partial charge is 0.0700 e. The summed E-state index contributed by atoms with van der Waals surface area (Å²) >= 11 is 0. The van der Waals surface area contributed by atoms with Gasteiger partial charge in [0, 0.05) is 13.7 Å². The summed E-state index contributed by atoms with van der Waals surface area (Å²) in [6.45, 7) is 2.36. The Balaban J connectivity index is 1.49. The Kier molecular flexibility index (Phi) is 4.23. The molecule has 2 heteroatoms. The highest BCUT2D eigenvalue weighted by Gasteiger charge is 2.57. The molecular weight excluding hydrogens is 284 g/mol. The zero-order valence-corrected chi connectivity index (χ0v) is 14.4. The Bertz CT molecular complexity index is 510. The molecule has 5 rings (SSSR count). The molecule has 1 aromatic rings. The zero-order chi connectivity index (χ0) is 15.8. The standard InChI is InChI=1S/C21H30O2/c1-22-9-10-23-8-7-20-12-17-11-18(13-20)15-21(14-17,16-20)19-5-3-2-4-6-19/h2-6,17-18H,7-16H2,1H3. The van der Waals surface area contributed by atoms with Crippen LogP contribution < -0.4 is 0 Å². The van der Waals surface area contributed by atoms with E-state index in [0.717, 1.165) is 25.0 Å². The molecule has 4 aliphatic rings. The van der Waals surface area contributed by atoms with E-state index in [0.29, 0.717) is 17.4 Å². The third-order valence-corrected chi connectivity index (χ3v) is 6.78. The van der Waals surface area contributed by atoms with Gasteiger partial charge in [-0.05, 0) is 73.2 Å². The van der Waals surface area contributed by atoms with Crippen LogP contribution in [0.1, 0.15) is 50.5 Å². The summed E-state index contributed by atoms with van der Waals surface area (Å²) in [5, 5.41) is 0. The van der Waals surface area contributed by atoms with E-state index in [2.05, 4.69) is 30.3 Å². The average molecular weight is 314 g/mol. The maximum atomic E-state index is 5.83. The van der Waals surface area contributed by atoms with Gasteiger partial charge in [-0.2, -0.15) is 0 Å². The van der Waals surface area contributed by atoms with Crippen LogP contribution in [0, 0.1) is 17.3 Å². The maximum absolute atomic E-state index is 5.83. The topological polar surface area (TPSA) is 18.5 Å². The van der Waals surface area contributed by atoms with Gasteiger partial charge in [-0.25, -0.2) is 0 Å². The first-order valence-corrected chi connectivity index (χ1v) is 9.36. The van der Waals surface area contributed by atoms with E-state index < -0.39 is 0 Å². The molecule has 23 heavy (non-hydrogen) atoms. The van der Waals surface area contributed by atoms with Crippen LogP contribution in [0.2, 0.25) is 0 Å². The molecule has 4 aliphatic carbocycles. The van der Waals surface area contributed by atoms with Crippen LogP contribution in [0.25, 0.3) is 0 Å². The van der Waals surface area contributed by atoms with Gasteiger partial charge < -0.3 is 9.47 Å². The molecule has 4 bridgehead atoms.